The second-order valence-electron chi connectivity index (χ2n) is 8.52. The minimum Gasteiger partial charge on any atom is -0.350 e. The van der Waals surface area contributed by atoms with Crippen molar-refractivity contribution in [3.8, 4) is 0 Å². The quantitative estimate of drug-likeness (QED) is 0.679. The molecule has 2 aromatic carbocycles. The molecule has 7 heteroatoms. The summed E-state index contributed by atoms with van der Waals surface area (Å²) in [4.78, 5) is 15.3. The number of rotatable bonds is 8. The van der Waals surface area contributed by atoms with Crippen molar-refractivity contribution in [2.45, 2.75) is 52.7 Å². The molecule has 0 aromatic heterocycles. The van der Waals surface area contributed by atoms with E-state index in [4.69, 9.17) is 0 Å². The van der Waals surface area contributed by atoms with E-state index in [1.165, 1.54) is 22.7 Å². The largest absolute Gasteiger partial charge is 0.350 e. The molecule has 0 aliphatic carbocycles. The predicted molar refractivity (Wildman–Crippen MR) is 126 cm³/mol. The number of carbonyl (C=O) groups is 1. The molecule has 1 fully saturated rings. The molecule has 1 aliphatic rings. The number of sulfonamides is 1. The molecule has 0 radical (unpaired) electrons. The summed E-state index contributed by atoms with van der Waals surface area (Å²) < 4.78 is 26.2. The van der Waals surface area contributed by atoms with Crippen molar-refractivity contribution in [1.82, 2.24) is 10.2 Å². The molecular formula is C24H33N3O3S. The molecule has 168 valence electrons. The zero-order valence-electron chi connectivity index (χ0n) is 18.9. The van der Waals surface area contributed by atoms with Crippen LogP contribution in [0.25, 0.3) is 0 Å². The smallest absolute Gasteiger partial charge is 0.243 e. The van der Waals surface area contributed by atoms with E-state index in [9.17, 15) is 13.2 Å². The van der Waals surface area contributed by atoms with Crippen molar-refractivity contribution in [2.75, 3.05) is 23.7 Å². The van der Waals surface area contributed by atoms with Crippen LogP contribution < -0.4 is 9.62 Å². The highest BCUT2D eigenvalue weighted by Gasteiger charge is 2.29. The fourth-order valence-corrected chi connectivity index (χ4v) is 5.21. The van der Waals surface area contributed by atoms with Crippen molar-refractivity contribution < 1.29 is 13.2 Å². The van der Waals surface area contributed by atoms with Crippen LogP contribution in [0.5, 0.6) is 0 Å². The number of benzene rings is 2. The fraction of sp³-hybridized carbons (Fsp3) is 0.458. The van der Waals surface area contributed by atoms with Gasteiger partial charge in [-0.05, 0) is 81.1 Å². The van der Waals surface area contributed by atoms with Gasteiger partial charge in [0.1, 0.15) is 6.04 Å². The van der Waals surface area contributed by atoms with Crippen LogP contribution in [0.4, 0.5) is 5.69 Å². The molecule has 1 N–H and O–H groups in total. The summed E-state index contributed by atoms with van der Waals surface area (Å²) in [6, 6.07) is 12.8. The predicted octanol–water partition coefficient (Wildman–Crippen LogP) is 3.37. The highest BCUT2D eigenvalue weighted by atomic mass is 32.2. The molecule has 0 saturated carbocycles. The van der Waals surface area contributed by atoms with Crippen LogP contribution in [-0.4, -0.2) is 44.6 Å². The van der Waals surface area contributed by atoms with E-state index in [1.54, 1.807) is 13.0 Å². The summed E-state index contributed by atoms with van der Waals surface area (Å²) in [7, 11) is -3.63. The van der Waals surface area contributed by atoms with E-state index in [2.05, 4.69) is 22.3 Å². The van der Waals surface area contributed by atoms with Gasteiger partial charge in [0.25, 0.3) is 0 Å². The van der Waals surface area contributed by atoms with Gasteiger partial charge in [0, 0.05) is 13.1 Å². The lowest BCUT2D eigenvalue weighted by Crippen LogP contribution is -2.47. The van der Waals surface area contributed by atoms with Crippen LogP contribution in [-0.2, 0) is 27.9 Å². The first-order valence-corrected chi connectivity index (χ1v) is 12.6. The molecule has 31 heavy (non-hydrogen) atoms. The van der Waals surface area contributed by atoms with Crippen LogP contribution in [0, 0.1) is 13.8 Å². The van der Waals surface area contributed by atoms with Crippen molar-refractivity contribution in [1.29, 1.82) is 0 Å². The number of carbonyl (C=O) groups excluding carboxylic acids is 1. The van der Waals surface area contributed by atoms with E-state index >= 15 is 0 Å². The standard InChI is InChI=1S/C24H33N3O3S/c1-18-10-11-23(14-19(18)2)27(31(4,29)30)20(3)24(28)25-16-21-8-7-9-22(15-21)17-26-12-5-6-13-26/h7-11,14-15,20H,5-6,12-13,16-17H2,1-4H3,(H,25,28). The maximum absolute atomic E-state index is 12.9. The van der Waals surface area contributed by atoms with Crippen molar-refractivity contribution in [3.05, 3.63) is 64.7 Å². The Labute approximate surface area is 186 Å². The summed E-state index contributed by atoms with van der Waals surface area (Å²) in [5.74, 6) is -0.325. The number of nitrogens with zero attached hydrogens (tertiary/aromatic N) is 2. The molecule has 2 aromatic rings. The Morgan fingerprint density at radius 3 is 2.39 bits per heavy atom. The number of likely N-dealkylation sites (tertiary alicyclic amines) is 1. The monoisotopic (exact) mass is 443 g/mol. The summed E-state index contributed by atoms with van der Waals surface area (Å²) in [5, 5.41) is 2.91. The van der Waals surface area contributed by atoms with E-state index in [1.807, 2.05) is 38.1 Å². The van der Waals surface area contributed by atoms with E-state index < -0.39 is 16.1 Å². The van der Waals surface area contributed by atoms with Crippen molar-refractivity contribution in [3.63, 3.8) is 0 Å². The average molecular weight is 444 g/mol. The third kappa shape index (κ3) is 6.08. The molecule has 1 aliphatic heterocycles. The first-order chi connectivity index (χ1) is 14.6. The lowest BCUT2D eigenvalue weighted by Gasteiger charge is -2.28. The zero-order valence-corrected chi connectivity index (χ0v) is 19.7. The van der Waals surface area contributed by atoms with Gasteiger partial charge in [-0.25, -0.2) is 8.42 Å². The van der Waals surface area contributed by atoms with Gasteiger partial charge < -0.3 is 5.32 Å². The van der Waals surface area contributed by atoms with Gasteiger partial charge in [-0.3, -0.25) is 14.0 Å². The maximum atomic E-state index is 12.9. The summed E-state index contributed by atoms with van der Waals surface area (Å²) in [5.41, 5.74) is 4.79. The molecule has 3 rings (SSSR count). The van der Waals surface area contributed by atoms with Crippen LogP contribution in [0.15, 0.2) is 42.5 Å². The first kappa shape index (κ1) is 23.3. The second kappa shape index (κ2) is 9.83. The van der Waals surface area contributed by atoms with Gasteiger partial charge in [0.05, 0.1) is 11.9 Å². The summed E-state index contributed by atoms with van der Waals surface area (Å²) in [6.07, 6.45) is 3.64. The molecule has 6 nitrogen and oxygen atoms in total. The minimum absolute atomic E-state index is 0.325. The van der Waals surface area contributed by atoms with Gasteiger partial charge >= 0.3 is 0 Å². The van der Waals surface area contributed by atoms with Gasteiger partial charge in [0.2, 0.25) is 15.9 Å². The molecular weight excluding hydrogens is 410 g/mol. The fourth-order valence-electron chi connectivity index (χ4n) is 4.05. The minimum atomic E-state index is -3.63. The SMILES string of the molecule is Cc1ccc(N(C(C)C(=O)NCc2cccc(CN3CCCC3)c2)S(C)(=O)=O)cc1C. The third-order valence-electron chi connectivity index (χ3n) is 5.90. The van der Waals surface area contributed by atoms with Crippen LogP contribution in [0.1, 0.15) is 42.0 Å². The lowest BCUT2D eigenvalue weighted by atomic mass is 10.1. The molecule has 1 heterocycles. The highest BCUT2D eigenvalue weighted by molar-refractivity contribution is 7.92. The summed E-state index contributed by atoms with van der Waals surface area (Å²) >= 11 is 0. The number of aryl methyl sites for hydroxylation is 2. The van der Waals surface area contributed by atoms with E-state index in [0.717, 1.165) is 42.6 Å². The van der Waals surface area contributed by atoms with Gasteiger partial charge in [-0.15, -0.1) is 0 Å². The molecule has 1 saturated heterocycles. The molecule has 1 unspecified atom stereocenters. The first-order valence-electron chi connectivity index (χ1n) is 10.8. The normalized spacial score (nSPS) is 15.6. The molecule has 0 spiro atoms. The molecule has 1 amide bonds. The van der Waals surface area contributed by atoms with Crippen molar-refractivity contribution >= 4 is 21.6 Å². The summed E-state index contributed by atoms with van der Waals surface area (Å²) in [6.45, 7) is 9.08. The zero-order chi connectivity index (χ0) is 22.6. The lowest BCUT2D eigenvalue weighted by molar-refractivity contribution is -0.122. The highest BCUT2D eigenvalue weighted by Crippen LogP contribution is 2.24. The topological polar surface area (TPSA) is 69.7 Å². The molecule has 0 bridgehead atoms. The Hall–Kier alpha value is -2.38. The number of anilines is 1. The second-order valence-corrected chi connectivity index (χ2v) is 10.4. The Morgan fingerprint density at radius 2 is 1.74 bits per heavy atom. The van der Waals surface area contributed by atoms with Crippen LogP contribution in [0.3, 0.4) is 0 Å². The third-order valence-corrected chi connectivity index (χ3v) is 7.14. The number of nitrogens with one attached hydrogen (secondary N) is 1. The van der Waals surface area contributed by atoms with E-state index in [-0.39, 0.29) is 5.91 Å². The number of hydrogen-bond donors (Lipinski definition) is 1. The van der Waals surface area contributed by atoms with Crippen molar-refractivity contribution in [2.24, 2.45) is 0 Å². The van der Waals surface area contributed by atoms with Gasteiger partial charge in [0.15, 0.2) is 0 Å². The van der Waals surface area contributed by atoms with Gasteiger partial charge in [-0.2, -0.15) is 0 Å². The average Bonchev–Trinajstić information content (AvgIpc) is 3.21. The van der Waals surface area contributed by atoms with Crippen LogP contribution >= 0.6 is 0 Å². The molecule has 1 atom stereocenters. The van der Waals surface area contributed by atoms with Gasteiger partial charge in [-0.1, -0.05) is 30.3 Å². The Balaban J connectivity index is 1.68. The Morgan fingerprint density at radius 1 is 1.06 bits per heavy atom. The van der Waals surface area contributed by atoms with Crippen LogP contribution in [0.2, 0.25) is 0 Å². The maximum Gasteiger partial charge on any atom is 0.243 e. The Bertz CT molecular complexity index is 1030. The number of amides is 1. The Kier molecular flexibility index (Phi) is 7.38. The number of hydrogen-bond acceptors (Lipinski definition) is 4. The van der Waals surface area contributed by atoms with E-state index in [0.29, 0.717) is 12.2 Å².